The molecule has 1 amide bonds. The van der Waals surface area contributed by atoms with Crippen molar-refractivity contribution in [1.82, 2.24) is 15.2 Å². The van der Waals surface area contributed by atoms with Crippen LogP contribution in [0.2, 0.25) is 0 Å². The second-order valence-corrected chi connectivity index (χ2v) is 8.38. The summed E-state index contributed by atoms with van der Waals surface area (Å²) >= 11 is 0. The van der Waals surface area contributed by atoms with Gasteiger partial charge in [-0.05, 0) is 41.8 Å². The van der Waals surface area contributed by atoms with Gasteiger partial charge in [-0.3, -0.25) is 9.59 Å². The maximum absolute atomic E-state index is 13.7. The molecule has 1 heterocycles. The maximum Gasteiger partial charge on any atom is 0.253 e. The van der Waals surface area contributed by atoms with Gasteiger partial charge in [-0.2, -0.15) is 5.26 Å². The van der Waals surface area contributed by atoms with Crippen LogP contribution in [0.25, 0.3) is 10.9 Å². The van der Waals surface area contributed by atoms with E-state index in [1.165, 1.54) is 4.90 Å². The number of nitrogens with zero attached hydrogens (tertiary/aromatic N) is 2. The van der Waals surface area contributed by atoms with E-state index in [0.717, 1.165) is 28.5 Å². The van der Waals surface area contributed by atoms with Gasteiger partial charge in [0.05, 0.1) is 17.7 Å². The van der Waals surface area contributed by atoms with E-state index >= 15 is 0 Å². The fourth-order valence-corrected chi connectivity index (χ4v) is 3.99. The van der Waals surface area contributed by atoms with Crippen molar-refractivity contribution in [3.05, 3.63) is 107 Å². The minimum atomic E-state index is -0.512. The molecule has 170 valence electrons. The molecule has 1 aromatic heterocycles. The third-order valence-electron chi connectivity index (χ3n) is 5.84. The highest BCUT2D eigenvalue weighted by molar-refractivity contribution is 6.11. The fourth-order valence-electron chi connectivity index (χ4n) is 3.99. The van der Waals surface area contributed by atoms with E-state index < -0.39 is 6.04 Å². The average Bonchev–Trinajstić information content (AvgIpc) is 3.30. The molecular formula is C28H26N4O2. The van der Waals surface area contributed by atoms with Crippen molar-refractivity contribution in [1.29, 1.82) is 5.26 Å². The van der Waals surface area contributed by atoms with Crippen molar-refractivity contribution >= 4 is 22.6 Å². The number of hydrogen-bond donors (Lipinski definition) is 2. The maximum atomic E-state index is 13.7. The van der Waals surface area contributed by atoms with Crippen molar-refractivity contribution in [3.63, 3.8) is 0 Å². The quantitative estimate of drug-likeness (QED) is 0.387. The number of carbonyl (C=O) groups excluding carboxylic acids is 2. The zero-order valence-electron chi connectivity index (χ0n) is 19.2. The lowest BCUT2D eigenvalue weighted by Crippen LogP contribution is -2.30. The van der Waals surface area contributed by atoms with Crippen LogP contribution >= 0.6 is 0 Å². The first-order valence-electron chi connectivity index (χ1n) is 11.1. The number of amides is 1. The molecule has 0 saturated carbocycles. The van der Waals surface area contributed by atoms with Crippen LogP contribution in [0.3, 0.4) is 0 Å². The van der Waals surface area contributed by atoms with Crippen LogP contribution in [-0.2, 0) is 6.42 Å². The lowest BCUT2D eigenvalue weighted by Gasteiger charge is -2.18. The molecular weight excluding hydrogens is 424 g/mol. The SMILES string of the molecule is CN(C)C(=O)c1ccc2c(C(=O)C(NCCc3ccc(C#N)cc3)c3ccccc3)c[nH]c2c1. The molecule has 0 aliphatic carbocycles. The van der Waals surface area contributed by atoms with Crippen LogP contribution in [-0.4, -0.2) is 42.2 Å². The van der Waals surface area contributed by atoms with Crippen LogP contribution in [0.4, 0.5) is 0 Å². The Kier molecular flexibility index (Phi) is 6.86. The highest BCUT2D eigenvalue weighted by Gasteiger charge is 2.24. The predicted octanol–water partition coefficient (Wildman–Crippen LogP) is 4.50. The molecule has 3 aromatic carbocycles. The number of benzene rings is 3. The Labute approximate surface area is 198 Å². The van der Waals surface area contributed by atoms with Crippen LogP contribution in [0, 0.1) is 11.3 Å². The Morgan fingerprint density at radius 3 is 2.44 bits per heavy atom. The summed E-state index contributed by atoms with van der Waals surface area (Å²) in [5, 5.41) is 13.2. The molecule has 1 unspecified atom stereocenters. The Morgan fingerprint density at radius 1 is 1.03 bits per heavy atom. The number of ketones is 1. The van der Waals surface area contributed by atoms with Gasteiger partial charge >= 0.3 is 0 Å². The van der Waals surface area contributed by atoms with Crippen molar-refractivity contribution < 1.29 is 9.59 Å². The summed E-state index contributed by atoms with van der Waals surface area (Å²) in [4.78, 5) is 30.7. The van der Waals surface area contributed by atoms with Gasteiger partial charge in [0.1, 0.15) is 0 Å². The highest BCUT2D eigenvalue weighted by Crippen LogP contribution is 2.26. The molecule has 0 bridgehead atoms. The molecule has 0 aliphatic heterocycles. The molecule has 0 spiro atoms. The normalized spacial score (nSPS) is 11.7. The van der Waals surface area contributed by atoms with Crippen LogP contribution in [0.5, 0.6) is 0 Å². The molecule has 6 heteroatoms. The number of fused-ring (bicyclic) bond motifs is 1. The van der Waals surface area contributed by atoms with E-state index in [-0.39, 0.29) is 11.7 Å². The van der Waals surface area contributed by atoms with Gasteiger partial charge in [-0.25, -0.2) is 0 Å². The number of carbonyl (C=O) groups is 2. The number of Topliss-reactive ketones (excluding diaryl/α,β-unsaturated/α-hetero) is 1. The first-order chi connectivity index (χ1) is 16.5. The van der Waals surface area contributed by atoms with Crippen LogP contribution < -0.4 is 5.32 Å². The highest BCUT2D eigenvalue weighted by atomic mass is 16.2. The smallest absolute Gasteiger partial charge is 0.253 e. The van der Waals surface area contributed by atoms with Gasteiger partial charge in [-0.1, -0.05) is 48.5 Å². The van der Waals surface area contributed by atoms with E-state index in [9.17, 15) is 9.59 Å². The van der Waals surface area contributed by atoms with Crippen molar-refractivity contribution in [2.24, 2.45) is 0 Å². The Hall–Kier alpha value is -4.21. The summed E-state index contributed by atoms with van der Waals surface area (Å²) in [7, 11) is 3.43. The van der Waals surface area contributed by atoms with Crippen LogP contribution in [0.15, 0.2) is 79.0 Å². The summed E-state index contributed by atoms with van der Waals surface area (Å²) in [6.07, 6.45) is 2.45. The third-order valence-corrected chi connectivity index (χ3v) is 5.84. The molecule has 2 N–H and O–H groups in total. The number of nitriles is 1. The summed E-state index contributed by atoms with van der Waals surface area (Å²) in [6.45, 7) is 0.598. The van der Waals surface area contributed by atoms with Crippen LogP contribution in [0.1, 0.15) is 43.4 Å². The van der Waals surface area contributed by atoms with Crippen molar-refractivity contribution in [2.45, 2.75) is 12.5 Å². The number of aromatic nitrogens is 1. The van der Waals surface area contributed by atoms with Crippen molar-refractivity contribution in [2.75, 3.05) is 20.6 Å². The van der Waals surface area contributed by atoms with E-state index in [1.807, 2.05) is 48.5 Å². The molecule has 34 heavy (non-hydrogen) atoms. The van der Waals surface area contributed by atoms with E-state index in [4.69, 9.17) is 5.26 Å². The topological polar surface area (TPSA) is 89.0 Å². The zero-order chi connectivity index (χ0) is 24.1. The third kappa shape index (κ3) is 4.90. The molecule has 1 atom stereocenters. The molecule has 0 aliphatic rings. The summed E-state index contributed by atoms with van der Waals surface area (Å²) < 4.78 is 0. The minimum absolute atomic E-state index is 0.0380. The summed E-state index contributed by atoms with van der Waals surface area (Å²) in [5.74, 6) is -0.125. The van der Waals surface area contributed by atoms with Crippen molar-refractivity contribution in [3.8, 4) is 6.07 Å². The monoisotopic (exact) mass is 450 g/mol. The lowest BCUT2D eigenvalue weighted by molar-refractivity contribution is 0.0827. The minimum Gasteiger partial charge on any atom is -0.360 e. The van der Waals surface area contributed by atoms with Gasteiger partial charge in [0.25, 0.3) is 5.91 Å². The molecule has 4 aromatic rings. The largest absolute Gasteiger partial charge is 0.360 e. The number of aromatic amines is 1. The molecule has 0 radical (unpaired) electrons. The predicted molar refractivity (Wildman–Crippen MR) is 133 cm³/mol. The Bertz CT molecular complexity index is 1350. The van der Waals surface area contributed by atoms with Gasteiger partial charge in [-0.15, -0.1) is 0 Å². The number of nitrogens with one attached hydrogen (secondary N) is 2. The Morgan fingerprint density at radius 2 is 1.76 bits per heavy atom. The van der Waals surface area contributed by atoms with Gasteiger partial charge in [0.2, 0.25) is 0 Å². The van der Waals surface area contributed by atoms with Gasteiger partial charge < -0.3 is 15.2 Å². The average molecular weight is 451 g/mol. The standard InChI is InChI=1S/C28H26N4O2/c1-32(2)28(34)22-12-13-23-24(18-31-25(23)16-22)27(33)26(21-6-4-3-5-7-21)30-15-14-19-8-10-20(17-29)11-9-19/h3-13,16,18,26,30-31H,14-15H2,1-2H3. The first-order valence-corrected chi connectivity index (χ1v) is 11.1. The second kappa shape index (κ2) is 10.2. The number of H-pyrrole nitrogens is 1. The fraction of sp³-hybridized carbons (Fsp3) is 0.179. The van der Waals surface area contributed by atoms with Gasteiger partial charge in [0.15, 0.2) is 5.78 Å². The Balaban J connectivity index is 1.57. The van der Waals surface area contributed by atoms with E-state index in [2.05, 4.69) is 16.4 Å². The molecule has 6 nitrogen and oxygen atoms in total. The zero-order valence-corrected chi connectivity index (χ0v) is 19.2. The van der Waals surface area contributed by atoms with E-state index in [1.54, 1.807) is 44.6 Å². The summed E-state index contributed by atoms with van der Waals surface area (Å²) in [5.41, 5.74) is 4.51. The second-order valence-electron chi connectivity index (χ2n) is 8.38. The van der Waals surface area contributed by atoms with E-state index in [0.29, 0.717) is 23.2 Å². The summed E-state index contributed by atoms with van der Waals surface area (Å²) in [6, 6.07) is 24.1. The first kappa shape index (κ1) is 23.0. The van der Waals surface area contributed by atoms with Gasteiger partial charge in [0, 0.05) is 48.9 Å². The molecule has 0 saturated heterocycles. The number of hydrogen-bond acceptors (Lipinski definition) is 4. The number of rotatable bonds is 8. The molecule has 4 rings (SSSR count). The molecule has 0 fully saturated rings. The lowest BCUT2D eigenvalue weighted by atomic mass is 9.96.